The molecule has 6 rings (SSSR count). The van der Waals surface area contributed by atoms with Crippen molar-refractivity contribution in [1.29, 1.82) is 0 Å². The highest BCUT2D eigenvalue weighted by atomic mass is 19.3. The number of fused-ring (bicyclic) bond motifs is 3. The Labute approximate surface area is 217 Å². The molecule has 11 heteroatoms. The van der Waals surface area contributed by atoms with Gasteiger partial charge in [-0.2, -0.15) is 0 Å². The van der Waals surface area contributed by atoms with Crippen molar-refractivity contribution in [2.24, 2.45) is 5.92 Å². The van der Waals surface area contributed by atoms with Gasteiger partial charge in [0.15, 0.2) is 0 Å². The van der Waals surface area contributed by atoms with Crippen molar-refractivity contribution in [3.8, 4) is 0 Å². The number of hydrogen-bond donors (Lipinski definition) is 2. The summed E-state index contributed by atoms with van der Waals surface area (Å²) in [5.41, 5.74) is -3.03. The summed E-state index contributed by atoms with van der Waals surface area (Å²) in [7, 11) is 0. The molecule has 2 aromatic rings. The lowest BCUT2D eigenvalue weighted by atomic mass is 9.83. The van der Waals surface area contributed by atoms with Crippen LogP contribution in [0.25, 0.3) is 0 Å². The number of pyridine rings is 1. The summed E-state index contributed by atoms with van der Waals surface area (Å²) in [6.45, 7) is 3.90. The minimum absolute atomic E-state index is 0.0373. The van der Waals surface area contributed by atoms with Gasteiger partial charge in [0, 0.05) is 30.4 Å². The Morgan fingerprint density at radius 3 is 2.39 bits per heavy atom. The van der Waals surface area contributed by atoms with E-state index in [9.17, 15) is 31.5 Å². The molecule has 2 atom stereocenters. The molecule has 2 bridgehead atoms. The standard InChI is InChI=1S/C27H31F5N4O2/c1-15(18-3-2-4-19(23(18)28)24(29)30)34-25(38)20-14-36(27(7-8-27)26(31)32)22(37)12-21(20)33-13-17-11-16-5-9-35(17)10-6-16/h2-4,12,14-17,24,26,33H,5-11,13H2,1H3,(H,34,38)/t15?,17-/m0/s1. The number of nitrogens with zero attached hydrogens (tertiary/aromatic N) is 2. The van der Waals surface area contributed by atoms with E-state index in [4.69, 9.17) is 0 Å². The molecule has 38 heavy (non-hydrogen) atoms. The lowest BCUT2D eigenvalue weighted by molar-refractivity contribution is 0.0562. The Hall–Kier alpha value is -2.95. The number of carbonyl (C=O) groups is 1. The highest BCUT2D eigenvalue weighted by Gasteiger charge is 2.53. The molecule has 1 unspecified atom stereocenters. The van der Waals surface area contributed by atoms with E-state index >= 15 is 0 Å². The van der Waals surface area contributed by atoms with Gasteiger partial charge in [-0.25, -0.2) is 22.0 Å². The number of amides is 1. The second-order valence-corrected chi connectivity index (χ2v) is 10.7. The van der Waals surface area contributed by atoms with Crippen LogP contribution < -0.4 is 16.2 Å². The predicted octanol–water partition coefficient (Wildman–Crippen LogP) is 5.07. The van der Waals surface area contributed by atoms with Crippen LogP contribution in [0.2, 0.25) is 0 Å². The van der Waals surface area contributed by atoms with Crippen molar-refractivity contribution >= 4 is 11.6 Å². The van der Waals surface area contributed by atoms with Crippen molar-refractivity contribution in [3.05, 3.63) is 63.3 Å². The van der Waals surface area contributed by atoms with Crippen molar-refractivity contribution in [2.75, 3.05) is 25.0 Å². The van der Waals surface area contributed by atoms with Crippen LogP contribution in [-0.2, 0) is 5.54 Å². The third-order valence-corrected chi connectivity index (χ3v) is 8.35. The van der Waals surface area contributed by atoms with E-state index in [2.05, 4.69) is 15.5 Å². The monoisotopic (exact) mass is 538 g/mol. The number of rotatable bonds is 9. The van der Waals surface area contributed by atoms with Crippen LogP contribution >= 0.6 is 0 Å². The zero-order valence-corrected chi connectivity index (χ0v) is 21.0. The summed E-state index contributed by atoms with van der Waals surface area (Å²) in [4.78, 5) is 28.7. The molecule has 4 aliphatic rings. The van der Waals surface area contributed by atoms with Gasteiger partial charge in [0.25, 0.3) is 24.3 Å². The van der Waals surface area contributed by atoms with Gasteiger partial charge in [-0.1, -0.05) is 18.2 Å². The number of hydrogen-bond acceptors (Lipinski definition) is 4. The highest BCUT2D eigenvalue weighted by molar-refractivity contribution is 5.99. The molecule has 3 aliphatic heterocycles. The van der Waals surface area contributed by atoms with Crippen molar-refractivity contribution in [3.63, 3.8) is 0 Å². The Kier molecular flexibility index (Phi) is 7.23. The summed E-state index contributed by atoms with van der Waals surface area (Å²) in [6, 6.07) is 3.94. The molecular formula is C27H31F5N4O2. The molecule has 6 nitrogen and oxygen atoms in total. The topological polar surface area (TPSA) is 66.4 Å². The van der Waals surface area contributed by atoms with Crippen molar-refractivity contribution in [1.82, 2.24) is 14.8 Å². The van der Waals surface area contributed by atoms with Crippen LogP contribution in [0.5, 0.6) is 0 Å². The lowest BCUT2D eigenvalue weighted by Gasteiger charge is -2.45. The minimum Gasteiger partial charge on any atom is -0.383 e. The minimum atomic E-state index is -3.02. The number of halogens is 5. The SMILES string of the molecule is CC(NC(=O)c1cn(C2(C(F)F)CC2)c(=O)cc1NC[C@@H]1CC2CCN1CC2)c1cccc(C(F)F)c1F. The van der Waals surface area contributed by atoms with Gasteiger partial charge in [-0.05, 0) is 58.0 Å². The third kappa shape index (κ3) is 4.92. The first-order valence-electron chi connectivity index (χ1n) is 13.0. The van der Waals surface area contributed by atoms with Crippen LogP contribution in [0, 0.1) is 11.7 Å². The molecule has 0 radical (unpaired) electrons. The van der Waals surface area contributed by atoms with E-state index in [0.717, 1.165) is 55.2 Å². The van der Waals surface area contributed by atoms with E-state index in [1.54, 1.807) is 0 Å². The first-order valence-corrected chi connectivity index (χ1v) is 13.0. The number of carbonyl (C=O) groups excluding carboxylic acids is 1. The normalized spacial score (nSPS) is 24.5. The van der Waals surface area contributed by atoms with Crippen molar-refractivity contribution in [2.45, 2.75) is 69.5 Å². The Balaban J connectivity index is 1.43. The van der Waals surface area contributed by atoms with E-state index in [1.807, 2.05) is 0 Å². The lowest BCUT2D eigenvalue weighted by Crippen LogP contribution is -2.51. The average Bonchev–Trinajstić information content (AvgIpc) is 3.70. The van der Waals surface area contributed by atoms with E-state index in [-0.39, 0.29) is 35.7 Å². The number of piperidine rings is 3. The smallest absolute Gasteiger partial charge is 0.266 e. The molecule has 1 aromatic heterocycles. The fourth-order valence-corrected chi connectivity index (χ4v) is 5.85. The van der Waals surface area contributed by atoms with Crippen LogP contribution in [0.15, 0.2) is 35.3 Å². The first-order chi connectivity index (χ1) is 18.1. The second kappa shape index (κ2) is 10.3. The molecule has 1 saturated carbocycles. The van der Waals surface area contributed by atoms with Crippen molar-refractivity contribution < 1.29 is 26.7 Å². The summed E-state index contributed by atoms with van der Waals surface area (Å²) < 4.78 is 69.7. The molecule has 2 N–H and O–H groups in total. The van der Waals surface area contributed by atoms with Gasteiger partial charge in [-0.3, -0.25) is 14.5 Å². The van der Waals surface area contributed by atoms with E-state index < -0.39 is 47.3 Å². The van der Waals surface area contributed by atoms with Crippen LogP contribution in [0.3, 0.4) is 0 Å². The van der Waals surface area contributed by atoms with Crippen LogP contribution in [-0.4, -0.2) is 47.5 Å². The molecule has 0 spiro atoms. The summed E-state index contributed by atoms with van der Waals surface area (Å²) in [6.07, 6.45) is -1.15. The summed E-state index contributed by atoms with van der Waals surface area (Å²) in [5.74, 6) is -1.20. The van der Waals surface area contributed by atoms with E-state index in [1.165, 1.54) is 19.1 Å². The fraction of sp³-hybridized carbons (Fsp3) is 0.556. The third-order valence-electron chi connectivity index (χ3n) is 8.35. The maximum absolute atomic E-state index is 14.7. The number of benzene rings is 1. The van der Waals surface area contributed by atoms with Gasteiger partial charge in [0.2, 0.25) is 0 Å². The Morgan fingerprint density at radius 1 is 1.13 bits per heavy atom. The predicted molar refractivity (Wildman–Crippen MR) is 132 cm³/mol. The zero-order chi connectivity index (χ0) is 27.2. The number of aromatic nitrogens is 1. The fourth-order valence-electron chi connectivity index (χ4n) is 5.85. The van der Waals surface area contributed by atoms with Crippen LogP contribution in [0.1, 0.15) is 73.0 Å². The Morgan fingerprint density at radius 2 is 1.82 bits per heavy atom. The molecule has 3 saturated heterocycles. The van der Waals surface area contributed by atoms with Gasteiger partial charge in [0.1, 0.15) is 11.4 Å². The maximum Gasteiger partial charge on any atom is 0.266 e. The molecule has 4 heterocycles. The molecule has 4 fully saturated rings. The number of nitrogens with one attached hydrogen (secondary N) is 2. The van der Waals surface area contributed by atoms with Gasteiger partial charge in [-0.15, -0.1) is 0 Å². The molecular weight excluding hydrogens is 507 g/mol. The van der Waals surface area contributed by atoms with Gasteiger partial charge >= 0.3 is 0 Å². The number of anilines is 1. The zero-order valence-electron chi connectivity index (χ0n) is 21.0. The highest BCUT2D eigenvalue weighted by Crippen LogP contribution is 2.48. The first kappa shape index (κ1) is 26.6. The van der Waals surface area contributed by atoms with E-state index in [0.29, 0.717) is 12.5 Å². The molecule has 1 amide bonds. The van der Waals surface area contributed by atoms with Crippen LogP contribution in [0.4, 0.5) is 27.6 Å². The van der Waals surface area contributed by atoms with Gasteiger partial charge < -0.3 is 15.2 Å². The number of alkyl halides is 4. The Bertz CT molecular complexity index is 1250. The second-order valence-electron chi connectivity index (χ2n) is 10.7. The summed E-state index contributed by atoms with van der Waals surface area (Å²) in [5, 5.41) is 5.79. The van der Waals surface area contributed by atoms with Gasteiger partial charge in [0.05, 0.1) is 22.9 Å². The average molecular weight is 539 g/mol. The molecule has 1 aliphatic carbocycles. The molecule has 206 valence electrons. The summed E-state index contributed by atoms with van der Waals surface area (Å²) >= 11 is 0. The maximum atomic E-state index is 14.7. The quantitative estimate of drug-likeness (QED) is 0.438. The largest absolute Gasteiger partial charge is 0.383 e. The molecule has 1 aromatic carbocycles.